The number of methoxy groups -OCH3 is 1. The molecule has 2 heterocycles. The molecule has 136 valence electrons. The lowest BCUT2D eigenvalue weighted by atomic mass is 10.1. The van der Waals surface area contributed by atoms with Gasteiger partial charge in [-0.1, -0.05) is 0 Å². The van der Waals surface area contributed by atoms with E-state index in [1.54, 1.807) is 13.3 Å². The van der Waals surface area contributed by atoms with E-state index < -0.39 is 5.91 Å². The molecule has 3 aromatic rings. The van der Waals surface area contributed by atoms with E-state index in [1.807, 2.05) is 43.3 Å². The Morgan fingerprint density at radius 3 is 2.63 bits per heavy atom. The summed E-state index contributed by atoms with van der Waals surface area (Å²) in [4.78, 5) is 30.0. The van der Waals surface area contributed by atoms with Gasteiger partial charge in [-0.3, -0.25) is 14.6 Å². The molecule has 2 aromatic heterocycles. The molecule has 1 amide bonds. The van der Waals surface area contributed by atoms with E-state index >= 15 is 0 Å². The molecular formula is C20H18N4O3. The van der Waals surface area contributed by atoms with Crippen LogP contribution in [-0.4, -0.2) is 29.2 Å². The number of carbonyl (C=O) groups excluding carboxylic acids is 1. The summed E-state index contributed by atoms with van der Waals surface area (Å²) in [6, 6.07) is 14.1. The molecule has 0 aliphatic carbocycles. The molecular weight excluding hydrogens is 344 g/mol. The molecule has 7 heteroatoms. The maximum atomic E-state index is 12.0. The minimum absolute atomic E-state index is 0.270. The number of hydrogen-bond donors (Lipinski definition) is 2. The first-order chi connectivity index (χ1) is 13.0. The lowest BCUT2D eigenvalue weighted by Crippen LogP contribution is -2.19. The number of aromatic nitrogens is 2. The highest BCUT2D eigenvalue weighted by molar-refractivity contribution is 5.94. The Balaban J connectivity index is 1.75. The summed E-state index contributed by atoms with van der Waals surface area (Å²) in [6.45, 7) is 1.89. The first kappa shape index (κ1) is 18.1. The fourth-order valence-corrected chi connectivity index (χ4v) is 2.46. The predicted octanol–water partition coefficient (Wildman–Crippen LogP) is 2.52. The van der Waals surface area contributed by atoms with Crippen LogP contribution >= 0.6 is 0 Å². The molecule has 27 heavy (non-hydrogen) atoms. The van der Waals surface area contributed by atoms with Crippen LogP contribution in [0.2, 0.25) is 0 Å². The molecule has 0 saturated carbocycles. The van der Waals surface area contributed by atoms with Crippen LogP contribution in [-0.2, 0) is 0 Å². The normalized spacial score (nSPS) is 10.7. The van der Waals surface area contributed by atoms with Crippen molar-refractivity contribution in [2.24, 2.45) is 5.10 Å². The highest BCUT2D eigenvalue weighted by atomic mass is 16.5. The van der Waals surface area contributed by atoms with Gasteiger partial charge < -0.3 is 9.72 Å². The number of carbonyl (C=O) groups is 1. The van der Waals surface area contributed by atoms with Crippen molar-refractivity contribution < 1.29 is 9.53 Å². The van der Waals surface area contributed by atoms with Crippen LogP contribution in [0, 0.1) is 6.92 Å². The third-order valence-corrected chi connectivity index (χ3v) is 3.79. The van der Waals surface area contributed by atoms with Gasteiger partial charge in [0.05, 0.1) is 24.6 Å². The number of aromatic amines is 1. The van der Waals surface area contributed by atoms with Gasteiger partial charge in [0.2, 0.25) is 5.56 Å². The molecule has 0 atom stereocenters. The summed E-state index contributed by atoms with van der Waals surface area (Å²) >= 11 is 0. The maximum Gasteiger partial charge on any atom is 0.272 e. The van der Waals surface area contributed by atoms with Crippen molar-refractivity contribution >= 4 is 12.1 Å². The first-order valence-corrected chi connectivity index (χ1v) is 8.20. The van der Waals surface area contributed by atoms with Crippen LogP contribution in [0.25, 0.3) is 11.3 Å². The topological polar surface area (TPSA) is 96.4 Å². The molecule has 0 saturated heterocycles. The Morgan fingerprint density at radius 2 is 1.96 bits per heavy atom. The summed E-state index contributed by atoms with van der Waals surface area (Å²) in [5.74, 6) is 0.363. The van der Waals surface area contributed by atoms with Crippen LogP contribution in [0.4, 0.5) is 0 Å². The minimum Gasteiger partial charge on any atom is -0.497 e. The zero-order valence-electron chi connectivity index (χ0n) is 14.9. The average Bonchev–Trinajstić information content (AvgIpc) is 2.68. The Labute approximate surface area is 155 Å². The Hall–Kier alpha value is -3.74. The van der Waals surface area contributed by atoms with Crippen molar-refractivity contribution in [1.29, 1.82) is 0 Å². The average molecular weight is 362 g/mol. The zero-order valence-corrected chi connectivity index (χ0v) is 14.9. The molecule has 0 bridgehead atoms. The van der Waals surface area contributed by atoms with E-state index in [9.17, 15) is 9.59 Å². The molecule has 3 rings (SSSR count). The van der Waals surface area contributed by atoms with Gasteiger partial charge in [-0.05, 0) is 55.0 Å². The number of benzene rings is 1. The van der Waals surface area contributed by atoms with E-state index in [0.29, 0.717) is 5.56 Å². The molecule has 0 radical (unpaired) electrons. The molecule has 0 spiro atoms. The van der Waals surface area contributed by atoms with Crippen molar-refractivity contribution in [2.75, 3.05) is 7.11 Å². The van der Waals surface area contributed by atoms with E-state index in [0.717, 1.165) is 28.3 Å². The van der Waals surface area contributed by atoms with Crippen LogP contribution in [0.5, 0.6) is 5.75 Å². The van der Waals surface area contributed by atoms with Crippen LogP contribution < -0.4 is 15.7 Å². The molecule has 7 nitrogen and oxygen atoms in total. The number of ether oxygens (including phenoxy) is 1. The fraction of sp³-hybridized carbons (Fsp3) is 0.100. The number of H-pyrrole nitrogens is 1. The van der Waals surface area contributed by atoms with Gasteiger partial charge in [0.15, 0.2) is 0 Å². The van der Waals surface area contributed by atoms with Gasteiger partial charge >= 0.3 is 0 Å². The summed E-state index contributed by atoms with van der Waals surface area (Å²) in [7, 11) is 1.62. The number of aryl methyl sites for hydroxylation is 1. The number of amides is 1. The zero-order chi connectivity index (χ0) is 19.2. The predicted molar refractivity (Wildman–Crippen MR) is 103 cm³/mol. The number of hydrazone groups is 1. The second-order valence-corrected chi connectivity index (χ2v) is 5.80. The summed E-state index contributed by atoms with van der Waals surface area (Å²) in [5.41, 5.74) is 5.86. The summed E-state index contributed by atoms with van der Waals surface area (Å²) < 4.78 is 5.17. The van der Waals surface area contributed by atoms with E-state index in [4.69, 9.17) is 4.74 Å². The standard InChI is InChI=1S/C20H18N4O3/c1-13-9-14(10-18(23-13)15-3-6-17(27-2)7-4-15)11-22-24-20(26)16-5-8-19(25)21-12-16/h3-12H,1-2H3,(H,21,25)(H,24,26). The van der Waals surface area contributed by atoms with Crippen LogP contribution in [0.3, 0.4) is 0 Å². The molecule has 1 aromatic carbocycles. The highest BCUT2D eigenvalue weighted by Crippen LogP contribution is 2.21. The van der Waals surface area contributed by atoms with Crippen molar-refractivity contribution in [3.05, 3.63) is 81.9 Å². The van der Waals surface area contributed by atoms with Crippen molar-refractivity contribution in [2.45, 2.75) is 6.92 Å². The number of rotatable bonds is 5. The fourth-order valence-electron chi connectivity index (χ4n) is 2.46. The van der Waals surface area contributed by atoms with Crippen LogP contribution in [0.1, 0.15) is 21.6 Å². The monoisotopic (exact) mass is 362 g/mol. The largest absolute Gasteiger partial charge is 0.497 e. The smallest absolute Gasteiger partial charge is 0.272 e. The summed E-state index contributed by atoms with van der Waals surface area (Å²) in [6.07, 6.45) is 2.89. The number of nitrogens with one attached hydrogen (secondary N) is 2. The Morgan fingerprint density at radius 1 is 1.19 bits per heavy atom. The second kappa shape index (κ2) is 8.09. The Kier molecular flexibility index (Phi) is 5.41. The second-order valence-electron chi connectivity index (χ2n) is 5.80. The van der Waals surface area contributed by atoms with Crippen molar-refractivity contribution in [1.82, 2.24) is 15.4 Å². The first-order valence-electron chi connectivity index (χ1n) is 8.20. The van der Waals surface area contributed by atoms with Gasteiger partial charge in [0.1, 0.15) is 5.75 Å². The minimum atomic E-state index is -0.413. The van der Waals surface area contributed by atoms with Gasteiger partial charge in [-0.2, -0.15) is 5.10 Å². The van der Waals surface area contributed by atoms with Crippen LogP contribution in [0.15, 0.2) is 64.6 Å². The third-order valence-electron chi connectivity index (χ3n) is 3.79. The van der Waals surface area contributed by atoms with Crippen molar-refractivity contribution in [3.63, 3.8) is 0 Å². The maximum absolute atomic E-state index is 12.0. The molecule has 0 aliphatic heterocycles. The lowest BCUT2D eigenvalue weighted by molar-refractivity contribution is 0.0954. The molecule has 0 aliphatic rings. The number of pyridine rings is 2. The van der Waals surface area contributed by atoms with E-state index in [1.165, 1.54) is 18.3 Å². The number of hydrogen-bond acceptors (Lipinski definition) is 5. The molecule has 0 fully saturated rings. The van der Waals surface area contributed by atoms with E-state index in [-0.39, 0.29) is 5.56 Å². The van der Waals surface area contributed by atoms with E-state index in [2.05, 4.69) is 20.5 Å². The molecule has 2 N–H and O–H groups in total. The molecule has 0 unspecified atom stereocenters. The van der Waals surface area contributed by atoms with Gasteiger partial charge in [0, 0.05) is 23.5 Å². The Bertz CT molecular complexity index is 1020. The summed E-state index contributed by atoms with van der Waals surface area (Å²) in [5, 5.41) is 3.98. The highest BCUT2D eigenvalue weighted by Gasteiger charge is 2.05. The number of nitrogens with zero attached hydrogens (tertiary/aromatic N) is 2. The SMILES string of the molecule is COc1ccc(-c2cc(C=NNC(=O)c3ccc(=O)[nH]c3)cc(C)n2)cc1. The quantitative estimate of drug-likeness (QED) is 0.538. The van der Waals surface area contributed by atoms with Gasteiger partial charge in [0.25, 0.3) is 5.91 Å². The van der Waals surface area contributed by atoms with Gasteiger partial charge in [-0.15, -0.1) is 0 Å². The van der Waals surface area contributed by atoms with Crippen molar-refractivity contribution in [3.8, 4) is 17.0 Å². The third kappa shape index (κ3) is 4.66. The lowest BCUT2D eigenvalue weighted by Gasteiger charge is -2.06. The van der Waals surface area contributed by atoms with Gasteiger partial charge in [-0.25, -0.2) is 5.43 Å².